The van der Waals surface area contributed by atoms with Gasteiger partial charge in [0.1, 0.15) is 5.75 Å². The van der Waals surface area contributed by atoms with E-state index in [1.54, 1.807) is 23.9 Å². The van der Waals surface area contributed by atoms with Crippen LogP contribution in [-0.4, -0.2) is 37.4 Å². The first-order valence-electron chi connectivity index (χ1n) is 7.72. The summed E-state index contributed by atoms with van der Waals surface area (Å²) in [7, 11) is 0. The van der Waals surface area contributed by atoms with Crippen molar-refractivity contribution >= 4 is 46.8 Å². The largest absolute Gasteiger partial charge is 0.480 e. The standard InChI is InChI=1S/C18H17Cl2NO4S/c19-13-6-7-16(15(20)10-13)24-12-18(23)25-11-17(22)21-8-9-26-14-4-2-1-3-5-14/h1-7,10H,8-9,11-12H2,(H,21,22). The highest BCUT2D eigenvalue weighted by Gasteiger charge is 2.10. The van der Waals surface area contributed by atoms with Gasteiger partial charge < -0.3 is 14.8 Å². The molecule has 0 aliphatic carbocycles. The second kappa shape index (κ2) is 11.0. The highest BCUT2D eigenvalue weighted by molar-refractivity contribution is 7.99. The number of esters is 1. The van der Waals surface area contributed by atoms with Gasteiger partial charge in [-0.3, -0.25) is 4.79 Å². The number of benzene rings is 2. The van der Waals surface area contributed by atoms with Crippen LogP contribution in [0.25, 0.3) is 0 Å². The van der Waals surface area contributed by atoms with E-state index in [1.807, 2.05) is 30.3 Å². The Bertz CT molecular complexity index is 743. The molecular weight excluding hydrogens is 397 g/mol. The Morgan fingerprint density at radius 3 is 2.54 bits per heavy atom. The van der Waals surface area contributed by atoms with Gasteiger partial charge >= 0.3 is 5.97 Å². The van der Waals surface area contributed by atoms with E-state index in [1.165, 1.54) is 6.07 Å². The van der Waals surface area contributed by atoms with Crippen LogP contribution in [0, 0.1) is 0 Å². The summed E-state index contributed by atoms with van der Waals surface area (Å²) in [5.74, 6) is 0.0128. The Hall–Kier alpha value is -1.89. The van der Waals surface area contributed by atoms with E-state index in [9.17, 15) is 9.59 Å². The van der Waals surface area contributed by atoms with Crippen molar-refractivity contribution in [2.24, 2.45) is 0 Å². The maximum atomic E-state index is 11.7. The third-order valence-corrected chi connectivity index (χ3v) is 4.58. The Kier molecular flexibility index (Phi) is 8.61. The summed E-state index contributed by atoms with van der Waals surface area (Å²) in [6.07, 6.45) is 0. The van der Waals surface area contributed by atoms with Crippen molar-refractivity contribution in [1.82, 2.24) is 5.32 Å². The summed E-state index contributed by atoms with van der Waals surface area (Å²) in [5, 5.41) is 3.44. The van der Waals surface area contributed by atoms with Crippen LogP contribution in [0.5, 0.6) is 5.75 Å². The van der Waals surface area contributed by atoms with Crippen LogP contribution in [0.3, 0.4) is 0 Å². The number of carbonyl (C=O) groups is 2. The van der Waals surface area contributed by atoms with E-state index in [4.69, 9.17) is 32.7 Å². The van der Waals surface area contributed by atoms with Gasteiger partial charge in [-0.05, 0) is 30.3 Å². The van der Waals surface area contributed by atoms with Crippen molar-refractivity contribution < 1.29 is 19.1 Å². The van der Waals surface area contributed by atoms with E-state index in [0.29, 0.717) is 22.3 Å². The molecule has 0 aliphatic heterocycles. The Morgan fingerprint density at radius 2 is 1.81 bits per heavy atom. The molecule has 0 atom stereocenters. The lowest BCUT2D eigenvalue weighted by atomic mass is 10.3. The van der Waals surface area contributed by atoms with Crippen molar-refractivity contribution in [3.05, 3.63) is 58.6 Å². The van der Waals surface area contributed by atoms with Gasteiger partial charge in [0.05, 0.1) is 5.02 Å². The molecule has 2 aromatic rings. The fraction of sp³-hybridized carbons (Fsp3) is 0.222. The van der Waals surface area contributed by atoms with E-state index < -0.39 is 5.97 Å². The minimum absolute atomic E-state index is 0.291. The van der Waals surface area contributed by atoms with Gasteiger partial charge in [0, 0.05) is 22.2 Å². The van der Waals surface area contributed by atoms with Crippen LogP contribution in [0.4, 0.5) is 0 Å². The third kappa shape index (κ3) is 7.56. The Balaban J connectivity index is 1.58. The van der Waals surface area contributed by atoms with E-state index in [-0.39, 0.29) is 19.1 Å². The van der Waals surface area contributed by atoms with Crippen molar-refractivity contribution in [3.63, 3.8) is 0 Å². The fourth-order valence-corrected chi connectivity index (χ4v) is 3.10. The SMILES string of the molecule is O=C(COC(=O)COc1ccc(Cl)cc1Cl)NCCSc1ccccc1. The fourth-order valence-electron chi connectivity index (χ4n) is 1.84. The first-order valence-corrected chi connectivity index (χ1v) is 9.47. The van der Waals surface area contributed by atoms with E-state index in [2.05, 4.69) is 5.32 Å². The molecule has 0 unspecified atom stereocenters. The molecular formula is C18H17Cl2NO4S. The zero-order chi connectivity index (χ0) is 18.8. The predicted octanol–water partition coefficient (Wildman–Crippen LogP) is 3.82. The van der Waals surface area contributed by atoms with E-state index in [0.717, 1.165) is 10.6 Å². The summed E-state index contributed by atoms with van der Waals surface area (Å²) in [5.41, 5.74) is 0. The monoisotopic (exact) mass is 413 g/mol. The van der Waals surface area contributed by atoms with Crippen LogP contribution in [0.15, 0.2) is 53.4 Å². The Labute approximate surface area is 166 Å². The molecule has 0 saturated heterocycles. The lowest BCUT2D eigenvalue weighted by Crippen LogP contribution is -2.31. The summed E-state index contributed by atoms with van der Waals surface area (Å²) in [6, 6.07) is 14.5. The van der Waals surface area contributed by atoms with Crippen LogP contribution >= 0.6 is 35.0 Å². The maximum Gasteiger partial charge on any atom is 0.344 e. The number of nitrogens with one attached hydrogen (secondary N) is 1. The zero-order valence-electron chi connectivity index (χ0n) is 13.7. The summed E-state index contributed by atoms with van der Waals surface area (Å²) < 4.78 is 10.1. The van der Waals surface area contributed by atoms with E-state index >= 15 is 0 Å². The maximum absolute atomic E-state index is 11.7. The molecule has 5 nitrogen and oxygen atoms in total. The van der Waals surface area contributed by atoms with Gasteiger partial charge in [-0.1, -0.05) is 41.4 Å². The number of rotatable bonds is 9. The molecule has 0 radical (unpaired) electrons. The number of ether oxygens (including phenoxy) is 2. The molecule has 1 amide bonds. The Morgan fingerprint density at radius 1 is 1.04 bits per heavy atom. The van der Waals surface area contributed by atoms with Gasteiger partial charge in [0.25, 0.3) is 5.91 Å². The lowest BCUT2D eigenvalue weighted by molar-refractivity contribution is -0.150. The molecule has 0 fully saturated rings. The van der Waals surface area contributed by atoms with Crippen LogP contribution < -0.4 is 10.1 Å². The highest BCUT2D eigenvalue weighted by Crippen LogP contribution is 2.27. The molecule has 2 rings (SSSR count). The van der Waals surface area contributed by atoms with Gasteiger partial charge in [-0.2, -0.15) is 0 Å². The second-order valence-electron chi connectivity index (χ2n) is 5.04. The molecule has 0 spiro atoms. The quantitative estimate of drug-likeness (QED) is 0.384. The third-order valence-electron chi connectivity index (χ3n) is 3.04. The summed E-state index contributed by atoms with van der Waals surface area (Å²) >= 11 is 13.3. The van der Waals surface area contributed by atoms with Gasteiger partial charge in [0.15, 0.2) is 13.2 Å². The molecule has 2 aromatic carbocycles. The molecule has 0 aliphatic rings. The molecule has 1 N–H and O–H groups in total. The number of thioether (sulfide) groups is 1. The van der Waals surface area contributed by atoms with Gasteiger partial charge in [-0.25, -0.2) is 4.79 Å². The number of hydrogen-bond acceptors (Lipinski definition) is 5. The number of hydrogen-bond donors (Lipinski definition) is 1. The first-order chi connectivity index (χ1) is 12.5. The van der Waals surface area contributed by atoms with Crippen LogP contribution in [0.2, 0.25) is 10.0 Å². The first kappa shape index (κ1) is 20.4. The van der Waals surface area contributed by atoms with Gasteiger partial charge in [-0.15, -0.1) is 11.8 Å². The second-order valence-corrected chi connectivity index (χ2v) is 7.05. The molecule has 8 heteroatoms. The normalized spacial score (nSPS) is 10.2. The van der Waals surface area contributed by atoms with Crippen molar-refractivity contribution in [2.75, 3.05) is 25.5 Å². The average Bonchev–Trinajstić information content (AvgIpc) is 2.63. The molecule has 0 bridgehead atoms. The van der Waals surface area contributed by atoms with Crippen molar-refractivity contribution in [3.8, 4) is 5.75 Å². The van der Waals surface area contributed by atoms with Crippen LogP contribution in [0.1, 0.15) is 0 Å². The highest BCUT2D eigenvalue weighted by atomic mass is 35.5. The summed E-state index contributed by atoms with van der Waals surface area (Å²) in [6.45, 7) is -0.224. The van der Waals surface area contributed by atoms with Crippen molar-refractivity contribution in [2.45, 2.75) is 4.90 Å². The average molecular weight is 414 g/mol. The molecule has 0 saturated carbocycles. The smallest absolute Gasteiger partial charge is 0.344 e. The predicted molar refractivity (Wildman–Crippen MR) is 103 cm³/mol. The zero-order valence-corrected chi connectivity index (χ0v) is 16.1. The molecule has 138 valence electrons. The molecule has 0 heterocycles. The number of amides is 1. The lowest BCUT2D eigenvalue weighted by Gasteiger charge is -2.09. The number of carbonyl (C=O) groups excluding carboxylic acids is 2. The van der Waals surface area contributed by atoms with Gasteiger partial charge in [0.2, 0.25) is 0 Å². The number of halogens is 2. The minimum Gasteiger partial charge on any atom is -0.480 e. The topological polar surface area (TPSA) is 64.6 Å². The molecule has 26 heavy (non-hydrogen) atoms. The van der Waals surface area contributed by atoms with Crippen LogP contribution in [-0.2, 0) is 14.3 Å². The van der Waals surface area contributed by atoms with Crippen molar-refractivity contribution in [1.29, 1.82) is 0 Å². The minimum atomic E-state index is -0.662. The summed E-state index contributed by atoms with van der Waals surface area (Å²) in [4.78, 5) is 24.4. The molecule has 0 aromatic heterocycles.